The van der Waals surface area contributed by atoms with Crippen LogP contribution in [0, 0.1) is 0 Å². The van der Waals surface area contributed by atoms with Crippen LogP contribution in [0.2, 0.25) is 0 Å². The SMILES string of the molecule is C=C(C)CN(CC)CC(=O)NC(=O)NCCc1cccs1. The molecule has 1 heterocycles. The summed E-state index contributed by atoms with van der Waals surface area (Å²) >= 11 is 1.65. The van der Waals surface area contributed by atoms with E-state index < -0.39 is 6.03 Å². The molecule has 2 N–H and O–H groups in total. The van der Waals surface area contributed by atoms with Crippen molar-refractivity contribution in [1.82, 2.24) is 15.5 Å². The maximum atomic E-state index is 11.8. The lowest BCUT2D eigenvalue weighted by Gasteiger charge is -2.19. The smallest absolute Gasteiger partial charge is 0.321 e. The Morgan fingerprint density at radius 2 is 2.14 bits per heavy atom. The molecule has 1 aromatic heterocycles. The molecule has 1 aromatic rings. The summed E-state index contributed by atoms with van der Waals surface area (Å²) < 4.78 is 0. The van der Waals surface area contributed by atoms with Gasteiger partial charge < -0.3 is 5.32 Å². The highest BCUT2D eigenvalue weighted by Crippen LogP contribution is 2.07. The maximum Gasteiger partial charge on any atom is 0.321 e. The third kappa shape index (κ3) is 7.63. The van der Waals surface area contributed by atoms with Gasteiger partial charge in [0.1, 0.15) is 0 Å². The Hall–Kier alpha value is -1.66. The topological polar surface area (TPSA) is 61.4 Å². The van der Waals surface area contributed by atoms with Crippen LogP contribution in [0.4, 0.5) is 4.79 Å². The first-order valence-electron chi connectivity index (χ1n) is 6.98. The molecule has 6 heteroatoms. The highest BCUT2D eigenvalue weighted by atomic mass is 32.1. The molecule has 0 aromatic carbocycles. The van der Waals surface area contributed by atoms with E-state index in [9.17, 15) is 9.59 Å². The molecule has 21 heavy (non-hydrogen) atoms. The predicted octanol–water partition coefficient (Wildman–Crippen LogP) is 2.01. The van der Waals surface area contributed by atoms with E-state index in [4.69, 9.17) is 0 Å². The lowest BCUT2D eigenvalue weighted by molar-refractivity contribution is -0.121. The molecule has 0 radical (unpaired) electrons. The Balaban J connectivity index is 2.23. The van der Waals surface area contributed by atoms with Gasteiger partial charge in [-0.05, 0) is 31.3 Å². The zero-order chi connectivity index (χ0) is 15.7. The van der Waals surface area contributed by atoms with Gasteiger partial charge in [0, 0.05) is 18.0 Å². The number of thiophene rings is 1. The van der Waals surface area contributed by atoms with Crippen LogP contribution in [0.1, 0.15) is 18.7 Å². The molecular weight excluding hydrogens is 286 g/mol. The fourth-order valence-corrected chi connectivity index (χ4v) is 2.54. The zero-order valence-corrected chi connectivity index (χ0v) is 13.5. The van der Waals surface area contributed by atoms with Gasteiger partial charge >= 0.3 is 6.03 Å². The number of carbonyl (C=O) groups excluding carboxylic acids is 2. The van der Waals surface area contributed by atoms with E-state index in [1.807, 2.05) is 36.3 Å². The molecular formula is C15H23N3O2S. The second-order valence-electron chi connectivity index (χ2n) is 4.89. The van der Waals surface area contributed by atoms with Gasteiger partial charge in [-0.25, -0.2) is 4.79 Å². The highest BCUT2D eigenvalue weighted by Gasteiger charge is 2.11. The minimum atomic E-state index is -0.442. The first-order chi connectivity index (χ1) is 10.0. The number of hydrogen-bond donors (Lipinski definition) is 2. The van der Waals surface area contributed by atoms with E-state index in [2.05, 4.69) is 17.2 Å². The fraction of sp³-hybridized carbons (Fsp3) is 0.467. The van der Waals surface area contributed by atoms with Gasteiger partial charge in [0.2, 0.25) is 5.91 Å². The van der Waals surface area contributed by atoms with Crippen LogP contribution in [-0.4, -0.2) is 43.0 Å². The van der Waals surface area contributed by atoms with Crippen molar-refractivity contribution in [2.24, 2.45) is 0 Å². The Morgan fingerprint density at radius 3 is 2.71 bits per heavy atom. The van der Waals surface area contributed by atoms with E-state index in [0.717, 1.165) is 18.5 Å². The molecule has 0 fully saturated rings. The number of nitrogens with one attached hydrogen (secondary N) is 2. The molecule has 0 unspecified atom stereocenters. The molecule has 0 bridgehead atoms. The highest BCUT2D eigenvalue weighted by molar-refractivity contribution is 7.09. The minimum Gasteiger partial charge on any atom is -0.337 e. The monoisotopic (exact) mass is 309 g/mol. The lowest BCUT2D eigenvalue weighted by atomic mass is 10.3. The van der Waals surface area contributed by atoms with Gasteiger partial charge in [0.25, 0.3) is 0 Å². The summed E-state index contributed by atoms with van der Waals surface area (Å²) in [5.41, 5.74) is 0.991. The number of likely N-dealkylation sites (N-methyl/N-ethyl adjacent to an activating group) is 1. The van der Waals surface area contributed by atoms with Gasteiger partial charge in [-0.15, -0.1) is 11.3 Å². The standard InChI is InChI=1S/C15H23N3O2S/c1-4-18(10-12(2)3)11-14(19)17-15(20)16-8-7-13-6-5-9-21-13/h5-6,9H,2,4,7-8,10-11H2,1,3H3,(H2,16,17,19,20). The molecule has 0 aliphatic rings. The average molecular weight is 309 g/mol. The van der Waals surface area contributed by atoms with Crippen molar-refractivity contribution in [3.05, 3.63) is 34.5 Å². The summed E-state index contributed by atoms with van der Waals surface area (Å²) in [4.78, 5) is 26.5. The molecule has 0 saturated carbocycles. The van der Waals surface area contributed by atoms with Gasteiger partial charge in [0.15, 0.2) is 0 Å². The first-order valence-corrected chi connectivity index (χ1v) is 7.86. The van der Waals surface area contributed by atoms with E-state index >= 15 is 0 Å². The predicted molar refractivity (Wildman–Crippen MR) is 86.5 cm³/mol. The third-order valence-corrected chi connectivity index (χ3v) is 3.73. The van der Waals surface area contributed by atoms with E-state index in [1.54, 1.807) is 11.3 Å². The fourth-order valence-electron chi connectivity index (χ4n) is 1.83. The normalized spacial score (nSPS) is 10.4. The van der Waals surface area contributed by atoms with Crippen molar-refractivity contribution in [3.8, 4) is 0 Å². The van der Waals surface area contributed by atoms with Crippen LogP contribution in [0.25, 0.3) is 0 Å². The van der Waals surface area contributed by atoms with Crippen LogP contribution in [0.3, 0.4) is 0 Å². The molecule has 5 nitrogen and oxygen atoms in total. The number of urea groups is 1. The molecule has 3 amide bonds. The summed E-state index contributed by atoms with van der Waals surface area (Å²) in [6, 6.07) is 3.55. The lowest BCUT2D eigenvalue weighted by Crippen LogP contribution is -2.45. The van der Waals surface area contributed by atoms with Crippen molar-refractivity contribution in [3.63, 3.8) is 0 Å². The van der Waals surface area contributed by atoms with Crippen molar-refractivity contribution in [1.29, 1.82) is 0 Å². The Bertz CT molecular complexity index is 471. The number of nitrogens with zero attached hydrogens (tertiary/aromatic N) is 1. The van der Waals surface area contributed by atoms with Gasteiger partial charge in [0.05, 0.1) is 6.54 Å². The zero-order valence-electron chi connectivity index (χ0n) is 12.6. The van der Waals surface area contributed by atoms with Crippen LogP contribution in [0.5, 0.6) is 0 Å². The molecule has 0 aliphatic heterocycles. The molecule has 0 saturated heterocycles. The summed E-state index contributed by atoms with van der Waals surface area (Å²) in [7, 11) is 0. The molecule has 0 spiro atoms. The van der Waals surface area contributed by atoms with Crippen LogP contribution >= 0.6 is 11.3 Å². The van der Waals surface area contributed by atoms with Crippen LogP contribution < -0.4 is 10.6 Å². The maximum absolute atomic E-state index is 11.8. The largest absolute Gasteiger partial charge is 0.337 e. The number of carbonyl (C=O) groups is 2. The van der Waals surface area contributed by atoms with Crippen molar-refractivity contribution < 1.29 is 9.59 Å². The van der Waals surface area contributed by atoms with Crippen molar-refractivity contribution >= 4 is 23.3 Å². The van der Waals surface area contributed by atoms with Gasteiger partial charge in [-0.2, -0.15) is 0 Å². The van der Waals surface area contributed by atoms with E-state index in [0.29, 0.717) is 13.1 Å². The number of imide groups is 1. The first kappa shape index (κ1) is 17.4. The van der Waals surface area contributed by atoms with Crippen molar-refractivity contribution in [2.45, 2.75) is 20.3 Å². The van der Waals surface area contributed by atoms with Crippen molar-refractivity contribution in [2.75, 3.05) is 26.2 Å². The Morgan fingerprint density at radius 1 is 1.38 bits per heavy atom. The van der Waals surface area contributed by atoms with E-state index in [1.165, 1.54) is 4.88 Å². The quantitative estimate of drug-likeness (QED) is 0.722. The van der Waals surface area contributed by atoms with Crippen LogP contribution in [-0.2, 0) is 11.2 Å². The van der Waals surface area contributed by atoms with Gasteiger partial charge in [-0.1, -0.05) is 25.1 Å². The molecule has 116 valence electrons. The summed E-state index contributed by atoms with van der Waals surface area (Å²) in [5, 5.41) is 7.02. The number of hydrogen-bond acceptors (Lipinski definition) is 4. The summed E-state index contributed by atoms with van der Waals surface area (Å²) in [6.07, 6.45) is 0.774. The van der Waals surface area contributed by atoms with Gasteiger partial charge in [-0.3, -0.25) is 15.0 Å². The molecule has 0 aliphatic carbocycles. The van der Waals surface area contributed by atoms with E-state index in [-0.39, 0.29) is 12.5 Å². The summed E-state index contributed by atoms with van der Waals surface area (Å²) in [6.45, 7) is 9.81. The second-order valence-corrected chi connectivity index (χ2v) is 5.93. The van der Waals surface area contributed by atoms with Crippen LogP contribution in [0.15, 0.2) is 29.7 Å². The average Bonchev–Trinajstić information content (AvgIpc) is 2.90. The second kappa shape index (κ2) is 9.31. The molecule has 0 atom stereocenters. The minimum absolute atomic E-state index is 0.196. The Kier molecular flexibility index (Phi) is 7.71. The molecule has 1 rings (SSSR count). The number of amides is 3. The Labute approximate surface area is 130 Å². The summed E-state index contributed by atoms with van der Waals surface area (Å²) in [5.74, 6) is -0.299. The number of rotatable bonds is 8. The third-order valence-electron chi connectivity index (χ3n) is 2.80.